The summed E-state index contributed by atoms with van der Waals surface area (Å²) >= 11 is 0. The van der Waals surface area contributed by atoms with Gasteiger partial charge in [0.15, 0.2) is 5.58 Å². The van der Waals surface area contributed by atoms with E-state index in [1.807, 2.05) is 12.1 Å². The lowest BCUT2D eigenvalue weighted by molar-refractivity contribution is 0.657. The van der Waals surface area contributed by atoms with Crippen molar-refractivity contribution in [1.82, 2.24) is 14.5 Å². The molecule has 11 aromatic rings. The molecule has 4 nitrogen and oxygen atoms in total. The fourth-order valence-corrected chi connectivity index (χ4v) is 9.27. The van der Waals surface area contributed by atoms with Crippen molar-refractivity contribution in [1.29, 1.82) is 0 Å². The zero-order valence-corrected chi connectivity index (χ0v) is 29.9. The molecule has 1 aliphatic carbocycles. The molecule has 0 radical (unpaired) electrons. The normalized spacial score (nSPS) is 14.2. The number of para-hydroxylation sites is 3. The fraction of sp³-hybridized carbons (Fsp3) is 0.0588. The van der Waals surface area contributed by atoms with E-state index in [0.717, 1.165) is 63.2 Å². The van der Waals surface area contributed by atoms with Crippen LogP contribution in [0.2, 0.25) is 0 Å². The van der Waals surface area contributed by atoms with E-state index in [-0.39, 0.29) is 5.92 Å². The number of nitrogens with zero attached hydrogens (tertiary/aromatic N) is 3. The lowest BCUT2D eigenvalue weighted by atomic mass is 9.86. The van der Waals surface area contributed by atoms with E-state index in [2.05, 4.69) is 162 Å². The van der Waals surface area contributed by atoms with E-state index >= 15 is 0 Å². The summed E-state index contributed by atoms with van der Waals surface area (Å²) in [5, 5.41) is 8.41. The average molecular weight is 704 g/mol. The highest BCUT2D eigenvalue weighted by Gasteiger charge is 2.30. The summed E-state index contributed by atoms with van der Waals surface area (Å²) in [4.78, 5) is 11.0. The van der Waals surface area contributed by atoms with Crippen molar-refractivity contribution in [3.63, 3.8) is 0 Å². The maximum absolute atomic E-state index is 6.67. The first-order valence-electron chi connectivity index (χ1n) is 19.1. The molecule has 0 saturated carbocycles. The Morgan fingerprint density at radius 1 is 0.545 bits per heavy atom. The van der Waals surface area contributed by atoms with Crippen molar-refractivity contribution in [3.8, 4) is 28.1 Å². The maximum atomic E-state index is 6.67. The molecule has 1 aliphatic rings. The molecule has 0 N–H and O–H groups in total. The lowest BCUT2D eigenvalue weighted by Crippen LogP contribution is -2.08. The monoisotopic (exact) mass is 703 g/mol. The molecule has 8 aromatic carbocycles. The van der Waals surface area contributed by atoms with Crippen molar-refractivity contribution >= 4 is 65.4 Å². The SMILES string of the molecule is c1ccc(-n2c3ccccc3c3cc(-c4nc(C5CCc6cc7ccccc7cc6-c6c5ccc5ccccc65)nc5c4oc4ccccc45)ccc32)cc1. The lowest BCUT2D eigenvalue weighted by Gasteiger charge is -2.20. The van der Waals surface area contributed by atoms with E-state index in [4.69, 9.17) is 14.4 Å². The number of rotatable bonds is 3. The molecular weight excluding hydrogens is 671 g/mol. The Bertz CT molecular complexity index is 3340. The summed E-state index contributed by atoms with van der Waals surface area (Å²) in [7, 11) is 0. The Balaban J connectivity index is 1.12. The number of hydrogen-bond acceptors (Lipinski definition) is 3. The summed E-state index contributed by atoms with van der Waals surface area (Å²) in [6.45, 7) is 0. The number of hydrogen-bond donors (Lipinski definition) is 0. The predicted octanol–water partition coefficient (Wildman–Crippen LogP) is 13.2. The van der Waals surface area contributed by atoms with Crippen molar-refractivity contribution < 1.29 is 4.42 Å². The minimum Gasteiger partial charge on any atom is -0.452 e. The van der Waals surface area contributed by atoms with Crippen LogP contribution in [0.4, 0.5) is 0 Å². The first kappa shape index (κ1) is 30.4. The average Bonchev–Trinajstić information content (AvgIpc) is 3.73. The van der Waals surface area contributed by atoms with Crippen LogP contribution in [0, 0.1) is 0 Å². The van der Waals surface area contributed by atoms with Gasteiger partial charge in [-0.3, -0.25) is 0 Å². The Kier molecular flexibility index (Phi) is 6.49. The van der Waals surface area contributed by atoms with Crippen LogP contribution in [0.15, 0.2) is 174 Å². The molecule has 0 amide bonds. The van der Waals surface area contributed by atoms with Crippen molar-refractivity contribution in [2.24, 2.45) is 0 Å². The van der Waals surface area contributed by atoms with Crippen LogP contribution in [0.1, 0.15) is 29.3 Å². The van der Waals surface area contributed by atoms with Crippen molar-refractivity contribution in [2.75, 3.05) is 0 Å². The van der Waals surface area contributed by atoms with Crippen LogP contribution in [0.5, 0.6) is 0 Å². The summed E-state index contributed by atoms with van der Waals surface area (Å²) in [5.41, 5.74) is 12.9. The molecule has 3 aromatic heterocycles. The summed E-state index contributed by atoms with van der Waals surface area (Å²) in [6, 6.07) is 61.2. The van der Waals surface area contributed by atoms with Gasteiger partial charge in [-0.25, -0.2) is 9.97 Å². The first-order chi connectivity index (χ1) is 27.3. The van der Waals surface area contributed by atoms with Gasteiger partial charge in [-0.2, -0.15) is 0 Å². The van der Waals surface area contributed by atoms with E-state index < -0.39 is 0 Å². The molecule has 4 heteroatoms. The largest absolute Gasteiger partial charge is 0.452 e. The minimum atomic E-state index is -0.0318. The zero-order chi connectivity index (χ0) is 36.0. The van der Waals surface area contributed by atoms with E-state index in [9.17, 15) is 0 Å². The molecular formula is C51H33N3O. The molecule has 258 valence electrons. The second kappa shape index (κ2) is 11.7. The zero-order valence-electron chi connectivity index (χ0n) is 29.9. The topological polar surface area (TPSA) is 43.9 Å². The number of fused-ring (bicyclic) bond motifs is 12. The highest BCUT2D eigenvalue weighted by molar-refractivity contribution is 6.12. The Hall–Kier alpha value is -7.04. The standard InChI is InChI=1S/C51H33N3O/c1-2-15-36(16-3-1)54-44-20-10-8-18-38(44)43-30-35(24-27-45(43)54)48-50-49(41-19-9-11-21-46(41)55-50)53-51(52-48)40-26-23-34-28-32-13-4-5-14-33(32)29-42(34)47-37-17-7-6-12-31(37)22-25-39(40)47/h1-22,24-25,27-30,40H,23,26H2. The van der Waals surface area contributed by atoms with Gasteiger partial charge in [-0.1, -0.05) is 121 Å². The fourth-order valence-electron chi connectivity index (χ4n) is 9.27. The quantitative estimate of drug-likeness (QED) is 0.184. The van der Waals surface area contributed by atoms with Crippen molar-refractivity contribution in [3.05, 3.63) is 187 Å². The van der Waals surface area contributed by atoms with Crippen LogP contribution in [0.3, 0.4) is 0 Å². The number of aromatic nitrogens is 3. The Morgan fingerprint density at radius 2 is 1.25 bits per heavy atom. The van der Waals surface area contributed by atoms with Gasteiger partial charge in [-0.15, -0.1) is 0 Å². The van der Waals surface area contributed by atoms with Gasteiger partial charge in [0.2, 0.25) is 0 Å². The molecule has 0 aliphatic heterocycles. The summed E-state index contributed by atoms with van der Waals surface area (Å²) < 4.78 is 9.02. The second-order valence-corrected chi connectivity index (χ2v) is 14.8. The molecule has 12 rings (SSSR count). The predicted molar refractivity (Wildman–Crippen MR) is 226 cm³/mol. The first-order valence-corrected chi connectivity index (χ1v) is 19.1. The molecule has 3 heterocycles. The maximum Gasteiger partial charge on any atom is 0.180 e. The third-order valence-corrected chi connectivity index (χ3v) is 11.8. The number of furan rings is 1. The van der Waals surface area contributed by atoms with Gasteiger partial charge in [0.05, 0.1) is 11.0 Å². The van der Waals surface area contributed by atoms with Gasteiger partial charge < -0.3 is 8.98 Å². The van der Waals surface area contributed by atoms with Gasteiger partial charge in [0.1, 0.15) is 22.6 Å². The van der Waals surface area contributed by atoms with Crippen LogP contribution in [-0.4, -0.2) is 14.5 Å². The third kappa shape index (κ3) is 4.58. The highest BCUT2D eigenvalue weighted by Crippen LogP contribution is 2.47. The molecule has 1 unspecified atom stereocenters. The van der Waals surface area contributed by atoms with Gasteiger partial charge in [0, 0.05) is 33.3 Å². The summed E-state index contributed by atoms with van der Waals surface area (Å²) in [5.74, 6) is 0.797. The van der Waals surface area contributed by atoms with E-state index in [1.165, 1.54) is 60.1 Å². The Morgan fingerprint density at radius 3 is 2.13 bits per heavy atom. The highest BCUT2D eigenvalue weighted by atomic mass is 16.3. The molecule has 55 heavy (non-hydrogen) atoms. The molecule has 0 spiro atoms. The van der Waals surface area contributed by atoms with Crippen LogP contribution < -0.4 is 0 Å². The third-order valence-electron chi connectivity index (χ3n) is 11.8. The van der Waals surface area contributed by atoms with E-state index in [0.29, 0.717) is 0 Å². The minimum absolute atomic E-state index is 0.0318. The molecule has 0 bridgehead atoms. The summed E-state index contributed by atoms with van der Waals surface area (Å²) in [6.07, 6.45) is 1.81. The number of aryl methyl sites for hydroxylation is 1. The van der Waals surface area contributed by atoms with Gasteiger partial charge in [-0.05, 0) is 105 Å². The second-order valence-electron chi connectivity index (χ2n) is 14.8. The van der Waals surface area contributed by atoms with Gasteiger partial charge >= 0.3 is 0 Å². The van der Waals surface area contributed by atoms with Crippen LogP contribution in [0.25, 0.3) is 93.5 Å². The van der Waals surface area contributed by atoms with E-state index in [1.54, 1.807) is 0 Å². The van der Waals surface area contributed by atoms with Crippen molar-refractivity contribution in [2.45, 2.75) is 18.8 Å². The van der Waals surface area contributed by atoms with Crippen LogP contribution in [-0.2, 0) is 6.42 Å². The molecule has 0 saturated heterocycles. The van der Waals surface area contributed by atoms with Crippen LogP contribution >= 0.6 is 0 Å². The smallest absolute Gasteiger partial charge is 0.180 e. The molecule has 1 atom stereocenters. The van der Waals surface area contributed by atoms with Gasteiger partial charge in [0.25, 0.3) is 0 Å². The number of benzene rings is 8. The molecule has 0 fully saturated rings. The Labute approximate surface area is 316 Å².